The molecule has 4 atom stereocenters. The Morgan fingerprint density at radius 1 is 0.970 bits per heavy atom. The summed E-state index contributed by atoms with van der Waals surface area (Å²) in [5.41, 5.74) is 1.48. The lowest BCUT2D eigenvalue weighted by Gasteiger charge is -2.35. The second-order valence-electron chi connectivity index (χ2n) is 9.62. The number of hydrogen-bond acceptors (Lipinski definition) is 5. The Hall–Kier alpha value is -3.51. The summed E-state index contributed by atoms with van der Waals surface area (Å²) < 4.78 is 5.83. The van der Waals surface area contributed by atoms with Gasteiger partial charge >= 0.3 is 5.97 Å². The molecule has 0 bridgehead atoms. The van der Waals surface area contributed by atoms with E-state index in [9.17, 15) is 9.59 Å². The zero-order valence-electron chi connectivity index (χ0n) is 18.9. The molecule has 5 rings (SSSR count). The Bertz CT molecular complexity index is 1190. The van der Waals surface area contributed by atoms with Gasteiger partial charge < -0.3 is 10.1 Å². The van der Waals surface area contributed by atoms with E-state index in [0.717, 1.165) is 16.8 Å². The van der Waals surface area contributed by atoms with Crippen LogP contribution in [0.1, 0.15) is 49.6 Å². The number of pyridine rings is 1. The molecule has 0 radical (unpaired) electrons. The Kier molecular flexibility index (Phi) is 5.05. The lowest BCUT2D eigenvalue weighted by molar-refractivity contribution is -0.157. The molecule has 0 unspecified atom stereocenters. The van der Waals surface area contributed by atoms with Crippen LogP contribution >= 0.6 is 0 Å². The van der Waals surface area contributed by atoms with Crippen molar-refractivity contribution in [2.75, 3.05) is 5.32 Å². The summed E-state index contributed by atoms with van der Waals surface area (Å²) in [6.45, 7) is 5.54. The summed E-state index contributed by atoms with van der Waals surface area (Å²) in [6, 6.07) is 21.8. The molecule has 1 amide bonds. The van der Waals surface area contributed by atoms with Crippen LogP contribution in [0, 0.1) is 0 Å². The Balaban J connectivity index is 1.77. The van der Waals surface area contributed by atoms with Crippen molar-refractivity contribution in [3.8, 4) is 0 Å². The van der Waals surface area contributed by atoms with Gasteiger partial charge in [0.25, 0.3) is 0 Å². The van der Waals surface area contributed by atoms with Crippen molar-refractivity contribution in [3.63, 3.8) is 0 Å². The van der Waals surface area contributed by atoms with Gasteiger partial charge in [0, 0.05) is 17.8 Å². The average molecular weight is 442 g/mol. The second kappa shape index (κ2) is 7.81. The van der Waals surface area contributed by atoms with E-state index in [4.69, 9.17) is 4.74 Å². The van der Waals surface area contributed by atoms with Crippen molar-refractivity contribution in [2.45, 2.75) is 49.8 Å². The molecule has 0 saturated carbocycles. The zero-order chi connectivity index (χ0) is 23.2. The molecular weight excluding hydrogens is 414 g/mol. The number of nitrogens with zero attached hydrogens (tertiary/aromatic N) is 1. The summed E-state index contributed by atoms with van der Waals surface area (Å²) in [6.07, 6.45) is 1.71. The Morgan fingerprint density at radius 2 is 1.67 bits per heavy atom. The predicted octanol–water partition coefficient (Wildman–Crippen LogP) is 4.11. The quantitative estimate of drug-likeness (QED) is 0.598. The van der Waals surface area contributed by atoms with Crippen LogP contribution in [0.2, 0.25) is 0 Å². The number of aromatic nitrogens is 1. The molecule has 1 spiro atoms. The first-order chi connectivity index (χ1) is 15.8. The van der Waals surface area contributed by atoms with Gasteiger partial charge in [-0.3, -0.25) is 19.9 Å². The molecule has 2 aromatic carbocycles. The molecule has 168 valence electrons. The third kappa shape index (κ3) is 3.42. The normalized spacial score (nSPS) is 26.2. The maximum Gasteiger partial charge on any atom is 0.324 e. The van der Waals surface area contributed by atoms with Crippen LogP contribution in [0.3, 0.4) is 0 Å². The monoisotopic (exact) mass is 441 g/mol. The number of hydrogen-bond donors (Lipinski definition) is 2. The predicted molar refractivity (Wildman–Crippen MR) is 126 cm³/mol. The molecule has 1 saturated heterocycles. The van der Waals surface area contributed by atoms with E-state index in [1.54, 1.807) is 6.20 Å². The van der Waals surface area contributed by atoms with Crippen LogP contribution in [0.25, 0.3) is 0 Å². The van der Waals surface area contributed by atoms with Crippen molar-refractivity contribution < 1.29 is 14.3 Å². The van der Waals surface area contributed by atoms with E-state index in [1.165, 1.54) is 0 Å². The fourth-order valence-corrected chi connectivity index (χ4v) is 5.30. The number of anilines is 1. The fraction of sp³-hybridized carbons (Fsp3) is 0.296. The molecule has 3 heterocycles. The second-order valence-corrected chi connectivity index (χ2v) is 9.62. The highest BCUT2D eigenvalue weighted by atomic mass is 16.6. The number of nitrogens with one attached hydrogen (secondary N) is 2. The number of fused-ring (bicyclic) bond motifs is 2. The molecule has 6 heteroatoms. The van der Waals surface area contributed by atoms with Gasteiger partial charge in [-0.2, -0.15) is 0 Å². The van der Waals surface area contributed by atoms with E-state index in [1.807, 2.05) is 93.6 Å². The van der Waals surface area contributed by atoms with Crippen LogP contribution < -0.4 is 10.6 Å². The van der Waals surface area contributed by atoms with Gasteiger partial charge in [-0.1, -0.05) is 54.6 Å². The van der Waals surface area contributed by atoms with Crippen molar-refractivity contribution in [1.29, 1.82) is 0 Å². The molecule has 6 nitrogen and oxygen atoms in total. The number of rotatable bonds is 3. The molecule has 3 aromatic rings. The number of carbonyl (C=O) groups excluding carboxylic acids is 2. The summed E-state index contributed by atoms with van der Waals surface area (Å²) in [5.74, 6) is -1.03. The van der Waals surface area contributed by atoms with E-state index >= 15 is 0 Å². The summed E-state index contributed by atoms with van der Waals surface area (Å²) in [5, 5.41) is 6.56. The van der Waals surface area contributed by atoms with Gasteiger partial charge in [-0.05, 0) is 50.1 Å². The highest BCUT2D eigenvalue weighted by Gasteiger charge is 2.66. The van der Waals surface area contributed by atoms with Crippen molar-refractivity contribution in [1.82, 2.24) is 10.3 Å². The maximum absolute atomic E-state index is 13.9. The van der Waals surface area contributed by atoms with E-state index < -0.39 is 29.0 Å². The van der Waals surface area contributed by atoms with Crippen molar-refractivity contribution >= 4 is 17.6 Å². The van der Waals surface area contributed by atoms with Gasteiger partial charge in [0.15, 0.2) is 0 Å². The van der Waals surface area contributed by atoms with Gasteiger partial charge in [0.05, 0.1) is 11.7 Å². The van der Waals surface area contributed by atoms with Crippen LogP contribution in [0.5, 0.6) is 0 Å². The SMILES string of the molecule is CC(C)(C)OC(=O)[C@H]1N[C@H](c2ccccn2)[C@]2(C(=O)Nc3ccccc32)[C@@H]1c1ccccc1. The van der Waals surface area contributed by atoms with Crippen LogP contribution in [-0.2, 0) is 19.7 Å². The molecule has 2 aliphatic heterocycles. The van der Waals surface area contributed by atoms with Gasteiger partial charge in [0.1, 0.15) is 17.1 Å². The molecule has 2 N–H and O–H groups in total. The largest absolute Gasteiger partial charge is 0.459 e. The highest BCUT2D eigenvalue weighted by Crippen LogP contribution is 2.59. The van der Waals surface area contributed by atoms with Gasteiger partial charge in [-0.15, -0.1) is 0 Å². The molecule has 1 fully saturated rings. The van der Waals surface area contributed by atoms with Crippen molar-refractivity contribution in [3.05, 3.63) is 95.8 Å². The summed E-state index contributed by atoms with van der Waals surface area (Å²) in [7, 11) is 0. The lowest BCUT2D eigenvalue weighted by atomic mass is 9.64. The van der Waals surface area contributed by atoms with E-state index in [0.29, 0.717) is 5.69 Å². The Labute approximate surface area is 193 Å². The number of esters is 1. The highest BCUT2D eigenvalue weighted by molar-refractivity contribution is 6.09. The Morgan fingerprint density at radius 3 is 2.36 bits per heavy atom. The molecule has 0 aliphatic carbocycles. The molecular formula is C27H27N3O3. The first-order valence-corrected chi connectivity index (χ1v) is 11.2. The van der Waals surface area contributed by atoms with Crippen molar-refractivity contribution in [2.24, 2.45) is 0 Å². The van der Waals surface area contributed by atoms with Crippen LogP contribution in [-0.4, -0.2) is 28.5 Å². The standard InChI is InChI=1S/C27H27N3O3/c1-26(2,3)33-24(31)22-21(17-11-5-4-6-12-17)27(23(30-22)20-15-9-10-16-28-20)18-13-7-8-14-19(18)29-25(27)32/h4-16,21-23,30H,1-3H3,(H,29,32)/t21-,22+,23-,27-/m1/s1. The van der Waals surface area contributed by atoms with Gasteiger partial charge in [-0.25, -0.2) is 0 Å². The minimum Gasteiger partial charge on any atom is -0.459 e. The fourth-order valence-electron chi connectivity index (χ4n) is 5.30. The molecule has 33 heavy (non-hydrogen) atoms. The number of para-hydroxylation sites is 1. The first-order valence-electron chi connectivity index (χ1n) is 11.2. The molecule has 2 aliphatic rings. The number of benzene rings is 2. The molecule has 1 aromatic heterocycles. The van der Waals surface area contributed by atoms with Crippen LogP contribution in [0.4, 0.5) is 5.69 Å². The van der Waals surface area contributed by atoms with Crippen LogP contribution in [0.15, 0.2) is 79.0 Å². The minimum absolute atomic E-state index is 0.147. The lowest BCUT2D eigenvalue weighted by Crippen LogP contribution is -2.45. The maximum atomic E-state index is 13.9. The topological polar surface area (TPSA) is 80.3 Å². The first kappa shape index (κ1) is 21.3. The van der Waals surface area contributed by atoms with Gasteiger partial charge in [0.2, 0.25) is 5.91 Å². The minimum atomic E-state index is -1.08. The number of carbonyl (C=O) groups is 2. The summed E-state index contributed by atoms with van der Waals surface area (Å²) >= 11 is 0. The average Bonchev–Trinajstić information content (AvgIpc) is 3.30. The van der Waals surface area contributed by atoms with E-state index in [-0.39, 0.29) is 11.9 Å². The number of ether oxygens (including phenoxy) is 1. The smallest absolute Gasteiger partial charge is 0.324 e. The van der Waals surface area contributed by atoms with E-state index in [2.05, 4.69) is 15.6 Å². The third-order valence-electron chi connectivity index (χ3n) is 6.43. The zero-order valence-corrected chi connectivity index (χ0v) is 18.9. The summed E-state index contributed by atoms with van der Waals surface area (Å²) in [4.78, 5) is 32.1. The third-order valence-corrected chi connectivity index (χ3v) is 6.43. The number of amides is 1.